The van der Waals surface area contributed by atoms with Gasteiger partial charge >= 0.3 is 5.97 Å². The van der Waals surface area contributed by atoms with Crippen molar-refractivity contribution in [1.82, 2.24) is 20.0 Å². The largest absolute Gasteiger partial charge is 0.478 e. The second-order valence-electron chi connectivity index (χ2n) is 4.04. The van der Waals surface area contributed by atoms with E-state index in [-0.39, 0.29) is 5.56 Å². The number of carboxylic acid groups (broad SMARTS) is 1. The van der Waals surface area contributed by atoms with E-state index in [0.29, 0.717) is 15.1 Å². The topological polar surface area (TPSA) is 84.1 Å². The van der Waals surface area contributed by atoms with Crippen molar-refractivity contribution in [2.45, 2.75) is 16.3 Å². The molecule has 19 heavy (non-hydrogen) atoms. The maximum absolute atomic E-state index is 11.3. The minimum atomic E-state index is -0.981. The summed E-state index contributed by atoms with van der Waals surface area (Å²) < 4.78 is 2.24. The van der Waals surface area contributed by atoms with Gasteiger partial charge in [0.2, 0.25) is 5.13 Å². The van der Waals surface area contributed by atoms with Crippen molar-refractivity contribution in [2.75, 3.05) is 19.0 Å². The molecule has 0 fully saturated rings. The molecule has 0 aliphatic rings. The maximum atomic E-state index is 11.3. The average molecular weight is 299 g/mol. The quantitative estimate of drug-likeness (QED) is 0.915. The molecular weight excluding hydrogens is 286 g/mol. The van der Waals surface area contributed by atoms with Gasteiger partial charge in [-0.3, -0.25) is 4.68 Å². The van der Waals surface area contributed by atoms with Crippen LogP contribution < -0.4 is 4.90 Å². The van der Waals surface area contributed by atoms with Crippen LogP contribution in [-0.2, 0) is 7.05 Å². The summed E-state index contributed by atoms with van der Waals surface area (Å²) in [7, 11) is 5.48. The molecule has 102 valence electrons. The highest BCUT2D eigenvalue weighted by atomic mass is 32.2. The zero-order valence-electron chi connectivity index (χ0n) is 10.9. The van der Waals surface area contributed by atoms with E-state index in [1.165, 1.54) is 23.1 Å². The Balaban J connectivity index is 2.35. The first-order valence-electron chi connectivity index (χ1n) is 5.35. The molecule has 1 N–H and O–H groups in total. The molecule has 0 spiro atoms. The fourth-order valence-electron chi connectivity index (χ4n) is 1.51. The Morgan fingerprint density at radius 1 is 1.42 bits per heavy atom. The zero-order chi connectivity index (χ0) is 14.2. The minimum Gasteiger partial charge on any atom is -0.478 e. The third-order valence-corrected chi connectivity index (χ3v) is 4.65. The summed E-state index contributed by atoms with van der Waals surface area (Å²) in [6, 6.07) is 0. The van der Waals surface area contributed by atoms with Crippen molar-refractivity contribution >= 4 is 34.2 Å². The summed E-state index contributed by atoms with van der Waals surface area (Å²) in [6.45, 7) is 1.68. The molecule has 2 aromatic heterocycles. The molecule has 0 aliphatic carbocycles. The predicted molar refractivity (Wildman–Crippen MR) is 73.3 cm³/mol. The van der Waals surface area contributed by atoms with E-state index in [4.69, 9.17) is 0 Å². The van der Waals surface area contributed by atoms with E-state index in [0.717, 1.165) is 5.13 Å². The van der Waals surface area contributed by atoms with Crippen molar-refractivity contribution < 1.29 is 9.90 Å². The molecule has 0 unspecified atom stereocenters. The van der Waals surface area contributed by atoms with Crippen molar-refractivity contribution in [3.05, 3.63) is 11.3 Å². The molecule has 0 bridgehead atoms. The fraction of sp³-hybridized carbons (Fsp3) is 0.400. The van der Waals surface area contributed by atoms with E-state index in [1.807, 2.05) is 19.0 Å². The monoisotopic (exact) mass is 299 g/mol. The van der Waals surface area contributed by atoms with Gasteiger partial charge in [-0.1, -0.05) is 11.3 Å². The SMILES string of the molecule is Cc1nn(C)c(Sc2nnc(N(C)C)s2)c1C(=O)O. The number of aromatic carboxylic acids is 1. The third-order valence-electron chi connectivity index (χ3n) is 2.35. The fourth-order valence-corrected chi connectivity index (χ4v) is 3.39. The van der Waals surface area contributed by atoms with Gasteiger partial charge in [0.15, 0.2) is 4.34 Å². The van der Waals surface area contributed by atoms with Gasteiger partial charge in [-0.05, 0) is 18.7 Å². The Hall–Kier alpha value is -1.61. The second-order valence-corrected chi connectivity index (χ2v) is 6.23. The summed E-state index contributed by atoms with van der Waals surface area (Å²) in [5.74, 6) is -0.981. The smallest absolute Gasteiger partial charge is 0.340 e. The van der Waals surface area contributed by atoms with Crippen LogP contribution in [0.25, 0.3) is 0 Å². The molecule has 0 atom stereocenters. The molecule has 0 aromatic carbocycles. The Bertz CT molecular complexity index is 619. The van der Waals surface area contributed by atoms with Gasteiger partial charge in [-0.2, -0.15) is 5.10 Å². The van der Waals surface area contributed by atoms with Gasteiger partial charge in [-0.15, -0.1) is 10.2 Å². The van der Waals surface area contributed by atoms with Gasteiger partial charge in [0, 0.05) is 21.1 Å². The van der Waals surface area contributed by atoms with Crippen molar-refractivity contribution in [3.63, 3.8) is 0 Å². The van der Waals surface area contributed by atoms with E-state index in [2.05, 4.69) is 15.3 Å². The number of aryl methyl sites for hydroxylation is 2. The Morgan fingerprint density at radius 3 is 2.63 bits per heavy atom. The number of hydrogen-bond donors (Lipinski definition) is 1. The lowest BCUT2D eigenvalue weighted by atomic mass is 10.3. The summed E-state index contributed by atoms with van der Waals surface area (Å²) in [5, 5.41) is 22.8. The molecule has 0 saturated heterocycles. The summed E-state index contributed by atoms with van der Waals surface area (Å²) in [6.07, 6.45) is 0. The average Bonchev–Trinajstić information content (AvgIpc) is 2.85. The highest BCUT2D eigenvalue weighted by Gasteiger charge is 2.22. The maximum Gasteiger partial charge on any atom is 0.340 e. The van der Waals surface area contributed by atoms with Crippen LogP contribution in [0, 0.1) is 6.92 Å². The number of carboxylic acids is 1. The molecule has 2 aromatic rings. The number of hydrogen-bond acceptors (Lipinski definition) is 7. The first-order chi connectivity index (χ1) is 8.90. The van der Waals surface area contributed by atoms with Gasteiger partial charge in [-0.25, -0.2) is 4.79 Å². The Labute approximate surface area is 118 Å². The lowest BCUT2D eigenvalue weighted by molar-refractivity contribution is 0.0692. The third kappa shape index (κ3) is 2.71. The minimum absolute atomic E-state index is 0.217. The van der Waals surface area contributed by atoms with E-state index >= 15 is 0 Å². The van der Waals surface area contributed by atoms with Gasteiger partial charge in [0.1, 0.15) is 10.6 Å². The van der Waals surface area contributed by atoms with Crippen LogP contribution >= 0.6 is 23.1 Å². The van der Waals surface area contributed by atoms with Crippen LogP contribution in [0.5, 0.6) is 0 Å². The molecular formula is C10H13N5O2S2. The van der Waals surface area contributed by atoms with Crippen LogP contribution in [0.1, 0.15) is 16.1 Å². The van der Waals surface area contributed by atoms with E-state index < -0.39 is 5.97 Å². The molecule has 2 rings (SSSR count). The molecule has 9 heteroatoms. The number of nitrogens with zero attached hydrogens (tertiary/aromatic N) is 5. The van der Waals surface area contributed by atoms with Gasteiger partial charge < -0.3 is 10.0 Å². The summed E-state index contributed by atoms with van der Waals surface area (Å²) in [5.41, 5.74) is 0.712. The van der Waals surface area contributed by atoms with Crippen molar-refractivity contribution in [2.24, 2.45) is 7.05 Å². The number of aromatic nitrogens is 4. The summed E-state index contributed by atoms with van der Waals surface area (Å²) >= 11 is 2.67. The molecule has 0 aliphatic heterocycles. The predicted octanol–water partition coefficient (Wildman–Crippen LogP) is 1.50. The first-order valence-corrected chi connectivity index (χ1v) is 6.99. The molecule has 7 nitrogen and oxygen atoms in total. The van der Waals surface area contributed by atoms with Crippen molar-refractivity contribution in [1.29, 1.82) is 0 Å². The number of anilines is 1. The van der Waals surface area contributed by atoms with Crippen LogP contribution in [0.2, 0.25) is 0 Å². The number of rotatable bonds is 4. The highest BCUT2D eigenvalue weighted by Crippen LogP contribution is 2.35. The molecule has 0 amide bonds. The van der Waals surface area contributed by atoms with Crippen molar-refractivity contribution in [3.8, 4) is 0 Å². The lowest BCUT2D eigenvalue weighted by Crippen LogP contribution is -2.07. The van der Waals surface area contributed by atoms with Crippen LogP contribution in [-0.4, -0.2) is 45.1 Å². The van der Waals surface area contributed by atoms with Crippen LogP contribution in [0.3, 0.4) is 0 Å². The second kappa shape index (κ2) is 5.17. The summed E-state index contributed by atoms with van der Waals surface area (Å²) in [4.78, 5) is 13.1. The van der Waals surface area contributed by atoms with Gasteiger partial charge in [0.05, 0.1) is 5.69 Å². The molecule has 0 saturated carbocycles. The Kier molecular flexibility index (Phi) is 3.76. The van der Waals surface area contributed by atoms with E-state index in [1.54, 1.807) is 18.7 Å². The number of carbonyl (C=O) groups is 1. The standard InChI is InChI=1S/C10H13N5O2S2/c1-5-6(8(16)17)7(15(4)13-5)18-10-12-11-9(19-10)14(2)3/h1-4H3,(H,16,17). The van der Waals surface area contributed by atoms with E-state index in [9.17, 15) is 9.90 Å². The van der Waals surface area contributed by atoms with Gasteiger partial charge in [0.25, 0.3) is 0 Å². The Morgan fingerprint density at radius 2 is 2.11 bits per heavy atom. The highest BCUT2D eigenvalue weighted by molar-refractivity contribution is 8.01. The molecule has 0 radical (unpaired) electrons. The molecule has 2 heterocycles. The lowest BCUT2D eigenvalue weighted by Gasteiger charge is -2.04. The van der Waals surface area contributed by atoms with Crippen LogP contribution in [0.15, 0.2) is 9.37 Å². The van der Waals surface area contributed by atoms with Crippen LogP contribution in [0.4, 0.5) is 5.13 Å². The zero-order valence-corrected chi connectivity index (χ0v) is 12.5. The normalized spacial score (nSPS) is 10.7. The first kappa shape index (κ1) is 13.8.